The van der Waals surface area contributed by atoms with Gasteiger partial charge in [0.2, 0.25) is 11.8 Å². The van der Waals surface area contributed by atoms with Crippen molar-refractivity contribution in [2.45, 2.75) is 103 Å². The number of hydrogen-bond donors (Lipinski definition) is 3. The number of rotatable bonds is 7. The average molecular weight is 781 g/mol. The van der Waals surface area contributed by atoms with Gasteiger partial charge in [0.15, 0.2) is 11.6 Å². The third-order valence-electron chi connectivity index (χ3n) is 9.34. The third-order valence-corrected chi connectivity index (χ3v) is 9.56. The molecule has 0 saturated heterocycles. The number of nitrogens with one attached hydrogen (secondary N) is 3. The Morgan fingerprint density at radius 2 is 1.22 bits per heavy atom. The molecule has 3 N–H and O–H groups in total. The van der Waals surface area contributed by atoms with E-state index in [-0.39, 0.29) is 37.8 Å². The number of aromatic nitrogens is 10. The van der Waals surface area contributed by atoms with Crippen LogP contribution in [0.1, 0.15) is 74.1 Å². The molecule has 2 saturated carbocycles. The maximum absolute atomic E-state index is 13.4. The Labute approximate surface area is 321 Å². The Hall–Kier alpha value is -5.25. The van der Waals surface area contributed by atoms with Crippen molar-refractivity contribution < 1.29 is 17.6 Å². The van der Waals surface area contributed by atoms with E-state index in [0.29, 0.717) is 54.0 Å². The van der Waals surface area contributed by atoms with E-state index in [2.05, 4.69) is 46.1 Å². The zero-order valence-electron chi connectivity index (χ0n) is 31.2. The largest absolute Gasteiger partial charge is 0.367 e. The van der Waals surface area contributed by atoms with Crippen LogP contribution in [0.25, 0.3) is 17.3 Å². The first-order valence-electron chi connectivity index (χ1n) is 18.2. The summed E-state index contributed by atoms with van der Waals surface area (Å²) in [5, 5.41) is 26.5. The van der Waals surface area contributed by atoms with Gasteiger partial charge in [0.25, 0.3) is 0 Å². The number of pyridine rings is 2. The summed E-state index contributed by atoms with van der Waals surface area (Å²) in [5.74, 6) is -2.56. The second kappa shape index (κ2) is 17.0. The molecule has 0 amide bonds. The molecule has 0 unspecified atom stereocenters. The molecule has 0 bridgehead atoms. The molecular formula is C38H45ClF4N12. The van der Waals surface area contributed by atoms with E-state index in [9.17, 15) is 17.6 Å². The fraction of sp³-hybridized carbons (Fsp3) is 0.421. The smallest absolute Gasteiger partial charge is 0.248 e. The Kier molecular flexibility index (Phi) is 12.2. The number of nitrogens with zero attached hydrogens (tertiary/aromatic N) is 9. The Balaban J connectivity index is 0.000000167. The predicted molar refractivity (Wildman–Crippen MR) is 204 cm³/mol. The monoisotopic (exact) mass is 780 g/mol. The highest BCUT2D eigenvalue weighted by atomic mass is 35.5. The Morgan fingerprint density at radius 1 is 0.691 bits per heavy atom. The molecule has 0 radical (unpaired) electrons. The van der Waals surface area contributed by atoms with Crippen LogP contribution in [-0.4, -0.2) is 73.4 Å². The quantitative estimate of drug-likeness (QED) is 0.137. The molecular weight excluding hydrogens is 736 g/mol. The molecule has 292 valence electrons. The van der Waals surface area contributed by atoms with Crippen LogP contribution in [0, 0.1) is 27.7 Å². The standard InChI is InChI=1S/C19H22F2N6.C16H19ClF2N4.C3H4N2/c1-13-10-14(2)27(25-13)18-12-16(26-9-3-8-22-26)11-17(24-18)23-15-4-6-19(20,21)7-5-15;1-10-7-11(2)23(22-10)15-9-12(17)8-14(21-15)20-13-3-5-16(18,19)6-4-13;1-2-4-5-3-1/h3,8-12,15H,4-7H2,1-2H3,(H,23,24);7-9,13H,3-6H2,1-2H3,(H,20,21);1-3H,(H,4,5). The van der Waals surface area contributed by atoms with Gasteiger partial charge in [-0.1, -0.05) is 11.6 Å². The molecule has 2 aliphatic rings. The van der Waals surface area contributed by atoms with Gasteiger partial charge in [-0.15, -0.1) is 0 Å². The van der Waals surface area contributed by atoms with Gasteiger partial charge in [0.05, 0.1) is 17.1 Å². The number of hydrogen-bond acceptors (Lipinski definition) is 8. The van der Waals surface area contributed by atoms with Crippen molar-refractivity contribution in [2.75, 3.05) is 10.6 Å². The van der Waals surface area contributed by atoms with Crippen LogP contribution in [0.15, 0.2) is 73.3 Å². The highest BCUT2D eigenvalue weighted by Crippen LogP contribution is 2.35. The zero-order valence-corrected chi connectivity index (χ0v) is 31.9. The molecule has 2 aliphatic carbocycles. The summed E-state index contributed by atoms with van der Waals surface area (Å²) in [4.78, 5) is 9.20. The Bertz CT molecular complexity index is 2090. The van der Waals surface area contributed by atoms with Gasteiger partial charge in [-0.25, -0.2) is 41.6 Å². The van der Waals surface area contributed by atoms with Gasteiger partial charge in [-0.2, -0.15) is 20.4 Å². The molecule has 0 spiro atoms. The summed E-state index contributed by atoms with van der Waals surface area (Å²) in [6.45, 7) is 7.76. The summed E-state index contributed by atoms with van der Waals surface area (Å²) in [5.41, 5.74) is 4.57. The van der Waals surface area contributed by atoms with E-state index in [1.807, 2.05) is 70.3 Å². The summed E-state index contributed by atoms with van der Waals surface area (Å²) in [6.07, 6.45) is 8.37. The number of halogens is 5. The number of aryl methyl sites for hydroxylation is 4. The van der Waals surface area contributed by atoms with Crippen LogP contribution < -0.4 is 10.6 Å². The van der Waals surface area contributed by atoms with Gasteiger partial charge >= 0.3 is 0 Å². The maximum Gasteiger partial charge on any atom is 0.248 e. The fourth-order valence-electron chi connectivity index (χ4n) is 6.63. The van der Waals surface area contributed by atoms with Crippen molar-refractivity contribution in [1.29, 1.82) is 0 Å². The molecule has 6 aromatic heterocycles. The van der Waals surface area contributed by atoms with Crippen molar-refractivity contribution in [1.82, 2.24) is 49.5 Å². The van der Waals surface area contributed by atoms with Crippen molar-refractivity contribution in [3.05, 3.63) is 101 Å². The van der Waals surface area contributed by atoms with Gasteiger partial charge < -0.3 is 10.6 Å². The van der Waals surface area contributed by atoms with Crippen LogP contribution in [0.4, 0.5) is 29.2 Å². The molecule has 0 aliphatic heterocycles. The highest BCUT2D eigenvalue weighted by molar-refractivity contribution is 6.31. The van der Waals surface area contributed by atoms with Crippen LogP contribution in [0.2, 0.25) is 5.02 Å². The third kappa shape index (κ3) is 10.9. The minimum absolute atomic E-state index is 0.00565. The summed E-state index contributed by atoms with van der Waals surface area (Å²) < 4.78 is 58.6. The van der Waals surface area contributed by atoms with Crippen LogP contribution in [-0.2, 0) is 0 Å². The lowest BCUT2D eigenvalue weighted by Gasteiger charge is -2.29. The van der Waals surface area contributed by atoms with Gasteiger partial charge in [-0.05, 0) is 83.7 Å². The molecule has 12 nitrogen and oxygen atoms in total. The van der Waals surface area contributed by atoms with Gasteiger partial charge in [0, 0.05) is 97.2 Å². The van der Waals surface area contributed by atoms with Crippen molar-refractivity contribution >= 4 is 23.2 Å². The molecule has 6 heterocycles. The molecule has 55 heavy (non-hydrogen) atoms. The summed E-state index contributed by atoms with van der Waals surface area (Å²) in [7, 11) is 0. The molecule has 8 rings (SSSR count). The highest BCUT2D eigenvalue weighted by Gasteiger charge is 2.36. The second-order valence-electron chi connectivity index (χ2n) is 14.0. The van der Waals surface area contributed by atoms with Gasteiger partial charge in [-0.3, -0.25) is 5.10 Å². The number of aromatic amines is 1. The second-order valence-corrected chi connectivity index (χ2v) is 14.5. The topological polar surface area (TPSA) is 132 Å². The number of H-pyrrole nitrogens is 1. The lowest BCUT2D eigenvalue weighted by atomic mass is 9.92. The maximum atomic E-state index is 13.4. The molecule has 2 fully saturated rings. The summed E-state index contributed by atoms with van der Waals surface area (Å²) in [6, 6.07) is 14.8. The lowest BCUT2D eigenvalue weighted by molar-refractivity contribution is -0.0366. The zero-order chi connectivity index (χ0) is 39.2. The van der Waals surface area contributed by atoms with E-state index in [1.165, 1.54) is 0 Å². The van der Waals surface area contributed by atoms with Crippen molar-refractivity contribution in [3.8, 4) is 17.3 Å². The number of alkyl halides is 4. The molecule has 0 aromatic carbocycles. The van der Waals surface area contributed by atoms with Crippen LogP contribution in [0.3, 0.4) is 0 Å². The van der Waals surface area contributed by atoms with Crippen LogP contribution >= 0.6 is 11.6 Å². The van der Waals surface area contributed by atoms with E-state index >= 15 is 0 Å². The van der Waals surface area contributed by atoms with Crippen molar-refractivity contribution in [3.63, 3.8) is 0 Å². The number of anilines is 2. The fourth-order valence-corrected chi connectivity index (χ4v) is 6.83. The predicted octanol–water partition coefficient (Wildman–Crippen LogP) is 9.00. The Morgan fingerprint density at radius 3 is 1.64 bits per heavy atom. The minimum Gasteiger partial charge on any atom is -0.367 e. The van der Waals surface area contributed by atoms with Crippen molar-refractivity contribution in [2.24, 2.45) is 0 Å². The van der Waals surface area contributed by atoms with Gasteiger partial charge in [0.1, 0.15) is 11.6 Å². The first-order chi connectivity index (χ1) is 26.2. The normalized spacial score (nSPS) is 16.7. The van der Waals surface area contributed by atoms with E-state index < -0.39 is 11.8 Å². The SMILES string of the molecule is Cc1cc(C)n(-c2cc(-n3cccn3)cc(NC3CCC(F)(F)CC3)n2)n1.Cc1cc(C)n(-c2cc(Cl)cc(NC3CCC(F)(F)CC3)n2)n1.c1cn[nH]c1. The molecule has 0 atom stereocenters. The molecule has 6 aromatic rings. The first-order valence-corrected chi connectivity index (χ1v) is 18.6. The van der Waals surface area contributed by atoms with E-state index in [4.69, 9.17) is 11.6 Å². The average Bonchev–Trinajstić information content (AvgIpc) is 3.97. The minimum atomic E-state index is -2.54. The van der Waals surface area contributed by atoms with E-state index in [1.54, 1.807) is 44.8 Å². The lowest BCUT2D eigenvalue weighted by Crippen LogP contribution is -2.32. The summed E-state index contributed by atoms with van der Waals surface area (Å²) >= 11 is 6.18. The van der Waals surface area contributed by atoms with E-state index in [0.717, 1.165) is 28.5 Å². The molecule has 17 heteroatoms. The van der Waals surface area contributed by atoms with Crippen LogP contribution in [0.5, 0.6) is 0 Å². The first kappa shape index (κ1) is 39.4.